The topological polar surface area (TPSA) is 52.6 Å². The highest BCUT2D eigenvalue weighted by molar-refractivity contribution is 5.77. The zero-order chi connectivity index (χ0) is 12.5. The van der Waals surface area contributed by atoms with Crippen molar-refractivity contribution in [1.29, 1.82) is 0 Å². The molecule has 0 aromatic rings. The molecule has 2 N–H and O–H groups in total. The van der Waals surface area contributed by atoms with Gasteiger partial charge >= 0.3 is 0 Å². The first-order chi connectivity index (χ1) is 8.76. The maximum Gasteiger partial charge on any atom is 0.223 e. The van der Waals surface area contributed by atoms with E-state index in [1.165, 1.54) is 25.7 Å². The first kappa shape index (κ1) is 12.4. The van der Waals surface area contributed by atoms with Crippen molar-refractivity contribution in [3.8, 4) is 0 Å². The lowest BCUT2D eigenvalue weighted by Crippen LogP contribution is -2.41. The van der Waals surface area contributed by atoms with E-state index in [1.807, 2.05) is 4.90 Å². The normalized spacial score (nSPS) is 34.6. The van der Waals surface area contributed by atoms with Crippen LogP contribution in [0.2, 0.25) is 0 Å². The molecule has 2 atom stereocenters. The van der Waals surface area contributed by atoms with E-state index >= 15 is 0 Å². The number of carbonyl (C=O) groups is 1. The largest absolute Gasteiger partial charge is 0.395 e. The molecule has 2 unspecified atom stereocenters. The van der Waals surface area contributed by atoms with Gasteiger partial charge in [-0.2, -0.15) is 0 Å². The van der Waals surface area contributed by atoms with Crippen molar-refractivity contribution in [1.82, 2.24) is 10.2 Å². The Morgan fingerprint density at radius 1 is 1.17 bits per heavy atom. The lowest BCUT2D eigenvalue weighted by atomic mass is 9.89. The Labute approximate surface area is 109 Å². The van der Waals surface area contributed by atoms with E-state index in [1.54, 1.807) is 0 Å². The van der Waals surface area contributed by atoms with Gasteiger partial charge in [-0.05, 0) is 44.4 Å². The predicted octanol–water partition coefficient (Wildman–Crippen LogP) is 0.890. The molecule has 2 heterocycles. The second kappa shape index (κ2) is 5.17. The highest BCUT2D eigenvalue weighted by Gasteiger charge is 2.37. The summed E-state index contributed by atoms with van der Waals surface area (Å²) in [6, 6.07) is 1.76. The summed E-state index contributed by atoms with van der Waals surface area (Å²) in [6.07, 6.45) is 7.87. The fourth-order valence-corrected chi connectivity index (χ4v) is 3.71. The van der Waals surface area contributed by atoms with Gasteiger partial charge in [0.1, 0.15) is 0 Å². The number of aliphatic hydroxyl groups excluding tert-OH is 1. The molecule has 1 aliphatic carbocycles. The molecule has 2 bridgehead atoms. The highest BCUT2D eigenvalue weighted by atomic mass is 16.3. The third kappa shape index (κ3) is 2.69. The summed E-state index contributed by atoms with van der Waals surface area (Å²) in [6.45, 7) is 0.626. The molecule has 4 nitrogen and oxygen atoms in total. The number of rotatable bonds is 5. The average Bonchev–Trinajstić information content (AvgIpc) is 3.12. The summed E-state index contributed by atoms with van der Waals surface area (Å²) in [5, 5.41) is 12.7. The summed E-state index contributed by atoms with van der Waals surface area (Å²) < 4.78 is 0. The molecule has 3 aliphatic rings. The van der Waals surface area contributed by atoms with Gasteiger partial charge in [0.25, 0.3) is 0 Å². The van der Waals surface area contributed by atoms with Gasteiger partial charge in [-0.1, -0.05) is 0 Å². The van der Waals surface area contributed by atoms with Crippen LogP contribution in [0.25, 0.3) is 0 Å². The molecule has 1 saturated carbocycles. The summed E-state index contributed by atoms with van der Waals surface area (Å²) in [4.78, 5) is 14.2. The number of fused-ring (bicyclic) bond motifs is 2. The van der Waals surface area contributed by atoms with Crippen LogP contribution >= 0.6 is 0 Å². The van der Waals surface area contributed by atoms with Crippen molar-refractivity contribution in [2.75, 3.05) is 13.2 Å². The number of amides is 1. The molecule has 0 aromatic carbocycles. The smallest absolute Gasteiger partial charge is 0.223 e. The summed E-state index contributed by atoms with van der Waals surface area (Å²) >= 11 is 0. The zero-order valence-electron chi connectivity index (χ0n) is 11.0. The monoisotopic (exact) mass is 252 g/mol. The minimum absolute atomic E-state index is 0.0969. The zero-order valence-corrected chi connectivity index (χ0v) is 11.0. The number of nitrogens with zero attached hydrogens (tertiary/aromatic N) is 1. The molecule has 3 fully saturated rings. The van der Waals surface area contributed by atoms with Crippen LogP contribution in [0.5, 0.6) is 0 Å². The third-order valence-electron chi connectivity index (χ3n) is 4.68. The number of carbonyl (C=O) groups excluding carboxylic acids is 1. The molecule has 0 radical (unpaired) electrons. The van der Waals surface area contributed by atoms with Crippen molar-refractivity contribution in [3.63, 3.8) is 0 Å². The average molecular weight is 252 g/mol. The minimum atomic E-state index is 0.0969. The third-order valence-corrected chi connectivity index (χ3v) is 4.68. The first-order valence-electron chi connectivity index (χ1n) is 7.42. The number of piperidine rings is 1. The maximum atomic E-state index is 12.3. The summed E-state index contributed by atoms with van der Waals surface area (Å²) in [5.74, 6) is 0.842. The Balaban J connectivity index is 1.53. The Morgan fingerprint density at radius 3 is 2.39 bits per heavy atom. The van der Waals surface area contributed by atoms with Gasteiger partial charge in [-0.3, -0.25) is 4.79 Å². The van der Waals surface area contributed by atoms with Gasteiger partial charge in [-0.15, -0.1) is 0 Å². The van der Waals surface area contributed by atoms with E-state index in [2.05, 4.69) is 5.32 Å². The van der Waals surface area contributed by atoms with Crippen LogP contribution < -0.4 is 5.32 Å². The number of aliphatic hydroxyl groups is 1. The van der Waals surface area contributed by atoms with Crippen LogP contribution in [0.15, 0.2) is 0 Å². The first-order valence-corrected chi connectivity index (χ1v) is 7.42. The standard InChI is InChI=1S/C14H24N2O2/c17-6-5-16(13-3-4-13)14(18)9-10-7-11-1-2-12(8-10)15-11/h10-13,15,17H,1-9H2. The van der Waals surface area contributed by atoms with Gasteiger partial charge in [-0.25, -0.2) is 0 Å². The van der Waals surface area contributed by atoms with E-state index in [0.29, 0.717) is 37.0 Å². The molecular formula is C14H24N2O2. The van der Waals surface area contributed by atoms with Crippen molar-refractivity contribution in [2.45, 2.75) is 63.1 Å². The van der Waals surface area contributed by atoms with Crippen LogP contribution in [-0.4, -0.2) is 47.2 Å². The molecule has 2 aliphatic heterocycles. The van der Waals surface area contributed by atoms with Crippen LogP contribution in [0.4, 0.5) is 0 Å². The van der Waals surface area contributed by atoms with Crippen molar-refractivity contribution in [2.24, 2.45) is 5.92 Å². The molecule has 1 amide bonds. The van der Waals surface area contributed by atoms with Gasteiger partial charge < -0.3 is 15.3 Å². The van der Waals surface area contributed by atoms with Crippen molar-refractivity contribution >= 4 is 5.91 Å². The number of nitrogens with one attached hydrogen (secondary N) is 1. The van der Waals surface area contributed by atoms with E-state index in [4.69, 9.17) is 5.11 Å². The highest BCUT2D eigenvalue weighted by Crippen LogP contribution is 2.34. The molecule has 4 heteroatoms. The molecule has 0 spiro atoms. The van der Waals surface area contributed by atoms with Crippen LogP contribution in [-0.2, 0) is 4.79 Å². The van der Waals surface area contributed by atoms with E-state index < -0.39 is 0 Å². The Kier molecular flexibility index (Phi) is 3.57. The number of hydrogen-bond acceptors (Lipinski definition) is 3. The van der Waals surface area contributed by atoms with E-state index in [0.717, 1.165) is 12.8 Å². The fourth-order valence-electron chi connectivity index (χ4n) is 3.71. The number of hydrogen-bond donors (Lipinski definition) is 2. The SMILES string of the molecule is O=C(CC1CC2CCC(C1)N2)N(CCO)C1CC1. The quantitative estimate of drug-likeness (QED) is 0.764. The summed E-state index contributed by atoms with van der Waals surface area (Å²) in [7, 11) is 0. The molecule has 18 heavy (non-hydrogen) atoms. The van der Waals surface area contributed by atoms with Gasteiger partial charge in [0.15, 0.2) is 0 Å². The van der Waals surface area contributed by atoms with E-state index in [9.17, 15) is 4.79 Å². The Morgan fingerprint density at radius 2 is 1.83 bits per heavy atom. The van der Waals surface area contributed by atoms with E-state index in [-0.39, 0.29) is 12.5 Å². The summed E-state index contributed by atoms with van der Waals surface area (Å²) in [5.41, 5.74) is 0. The predicted molar refractivity (Wildman–Crippen MR) is 69.1 cm³/mol. The van der Waals surface area contributed by atoms with Crippen molar-refractivity contribution in [3.05, 3.63) is 0 Å². The Bertz CT molecular complexity index is 305. The van der Waals surface area contributed by atoms with Gasteiger partial charge in [0, 0.05) is 31.1 Å². The second-order valence-electron chi connectivity index (χ2n) is 6.22. The maximum absolute atomic E-state index is 12.3. The van der Waals surface area contributed by atoms with Crippen LogP contribution in [0, 0.1) is 5.92 Å². The molecule has 102 valence electrons. The fraction of sp³-hybridized carbons (Fsp3) is 0.929. The van der Waals surface area contributed by atoms with Gasteiger partial charge in [0.2, 0.25) is 5.91 Å². The van der Waals surface area contributed by atoms with Crippen LogP contribution in [0.1, 0.15) is 44.9 Å². The van der Waals surface area contributed by atoms with Crippen molar-refractivity contribution < 1.29 is 9.90 Å². The van der Waals surface area contributed by atoms with Crippen LogP contribution in [0.3, 0.4) is 0 Å². The lowest BCUT2D eigenvalue weighted by molar-refractivity contribution is -0.133. The molecule has 3 rings (SSSR count). The lowest BCUT2D eigenvalue weighted by Gasteiger charge is -2.30. The van der Waals surface area contributed by atoms with Gasteiger partial charge in [0.05, 0.1) is 6.61 Å². The molecule has 2 saturated heterocycles. The molecule has 0 aromatic heterocycles. The second-order valence-corrected chi connectivity index (χ2v) is 6.22. The Hall–Kier alpha value is -0.610. The minimum Gasteiger partial charge on any atom is -0.395 e. The molecular weight excluding hydrogens is 228 g/mol.